The fourth-order valence-electron chi connectivity index (χ4n) is 1.89. The van der Waals surface area contributed by atoms with Crippen molar-refractivity contribution >= 4 is 23.4 Å². The maximum Gasteiger partial charge on any atom is 0.240 e. The highest BCUT2D eigenvalue weighted by atomic mass is 35.5. The molecule has 0 saturated heterocycles. The molecule has 0 aliphatic rings. The van der Waals surface area contributed by atoms with E-state index < -0.39 is 0 Å². The van der Waals surface area contributed by atoms with Crippen molar-refractivity contribution in [3.8, 4) is 11.5 Å². The van der Waals surface area contributed by atoms with E-state index in [0.717, 1.165) is 11.3 Å². The Kier molecular flexibility index (Phi) is 6.42. The second kappa shape index (κ2) is 8.79. The van der Waals surface area contributed by atoms with Gasteiger partial charge < -0.3 is 9.47 Å². The van der Waals surface area contributed by atoms with Gasteiger partial charge in [-0.3, -0.25) is 0 Å². The first kappa shape index (κ1) is 16.8. The summed E-state index contributed by atoms with van der Waals surface area (Å²) in [4.78, 5) is 13.8. The van der Waals surface area contributed by atoms with Crippen molar-refractivity contribution in [3.05, 3.63) is 65.2 Å². The van der Waals surface area contributed by atoms with Crippen LogP contribution < -0.4 is 9.47 Å². The van der Waals surface area contributed by atoms with Crippen LogP contribution in [0.25, 0.3) is 0 Å². The monoisotopic (exact) mass is 329 g/mol. The Morgan fingerprint density at radius 1 is 1.13 bits per heavy atom. The number of nitrogens with zero attached hydrogens (tertiary/aromatic N) is 1. The van der Waals surface area contributed by atoms with Gasteiger partial charge in [0.2, 0.25) is 6.08 Å². The van der Waals surface area contributed by atoms with E-state index >= 15 is 0 Å². The fourth-order valence-corrected chi connectivity index (χ4v) is 2.12. The number of hydrogen-bond donors (Lipinski definition) is 0. The molecule has 0 unspecified atom stereocenters. The molecule has 0 heterocycles. The average molecular weight is 330 g/mol. The highest BCUT2D eigenvalue weighted by molar-refractivity contribution is 6.30. The summed E-state index contributed by atoms with van der Waals surface area (Å²) < 4.78 is 11.2. The topological polar surface area (TPSA) is 47.9 Å². The quantitative estimate of drug-likeness (QED) is 0.422. The molecule has 2 aromatic carbocycles. The van der Waals surface area contributed by atoms with Crippen molar-refractivity contribution in [2.24, 2.45) is 4.99 Å². The van der Waals surface area contributed by atoms with Gasteiger partial charge in [0.05, 0.1) is 5.69 Å². The Hall–Kier alpha value is -2.55. The van der Waals surface area contributed by atoms with E-state index in [-0.39, 0.29) is 0 Å². The molecule has 0 bridgehead atoms. The molecule has 5 heteroatoms. The van der Waals surface area contributed by atoms with Crippen LogP contribution in [0.4, 0.5) is 5.69 Å². The van der Waals surface area contributed by atoms with Crippen molar-refractivity contribution < 1.29 is 14.3 Å². The lowest BCUT2D eigenvalue weighted by Crippen LogP contribution is -1.97. The van der Waals surface area contributed by atoms with Gasteiger partial charge in [-0.1, -0.05) is 17.7 Å². The van der Waals surface area contributed by atoms with Gasteiger partial charge in [-0.15, -0.1) is 0 Å². The number of ether oxygens (including phenoxy) is 2. The Morgan fingerprint density at radius 2 is 1.91 bits per heavy atom. The summed E-state index contributed by atoms with van der Waals surface area (Å²) in [6, 6.07) is 12.4. The van der Waals surface area contributed by atoms with Gasteiger partial charge >= 0.3 is 0 Å². The highest BCUT2D eigenvalue weighted by Gasteiger charge is 1.98. The number of aliphatic imine (C=N–C) groups is 1. The normalized spacial score (nSPS) is 10.3. The molecular weight excluding hydrogens is 314 g/mol. The molecule has 2 rings (SSSR count). The third-order valence-electron chi connectivity index (χ3n) is 2.98. The Morgan fingerprint density at radius 3 is 2.65 bits per heavy atom. The summed E-state index contributed by atoms with van der Waals surface area (Å²) in [5, 5.41) is 0.694. The van der Waals surface area contributed by atoms with Crippen molar-refractivity contribution in [1.29, 1.82) is 0 Å². The maximum atomic E-state index is 10.2. The van der Waals surface area contributed by atoms with E-state index in [0.29, 0.717) is 29.7 Å². The van der Waals surface area contributed by atoms with Crippen molar-refractivity contribution in [2.75, 3.05) is 13.2 Å². The minimum atomic E-state index is 0.400. The summed E-state index contributed by atoms with van der Waals surface area (Å²) >= 11 is 5.89. The number of carbonyl (C=O) groups excluding carboxylic acids is 1. The zero-order chi connectivity index (χ0) is 16.5. The SMILES string of the molecule is Cc1cc(Cl)ccc1OCC=CCOc1cccc(N=C=O)c1. The molecule has 23 heavy (non-hydrogen) atoms. The first-order valence-electron chi connectivity index (χ1n) is 7.04. The summed E-state index contributed by atoms with van der Waals surface area (Å²) in [7, 11) is 0. The van der Waals surface area contributed by atoms with E-state index in [1.165, 1.54) is 6.08 Å². The third-order valence-corrected chi connectivity index (χ3v) is 3.21. The molecule has 0 radical (unpaired) electrons. The minimum absolute atomic E-state index is 0.400. The predicted octanol–water partition coefficient (Wildman–Crippen LogP) is 4.63. The molecular formula is C18H16ClNO3. The van der Waals surface area contributed by atoms with Gasteiger partial charge in [0.25, 0.3) is 0 Å². The lowest BCUT2D eigenvalue weighted by molar-refractivity contribution is 0.349. The van der Waals surface area contributed by atoms with Gasteiger partial charge in [-0.25, -0.2) is 4.79 Å². The van der Waals surface area contributed by atoms with Crippen LogP contribution in [-0.2, 0) is 4.79 Å². The lowest BCUT2D eigenvalue weighted by atomic mass is 10.2. The zero-order valence-corrected chi connectivity index (χ0v) is 13.4. The van der Waals surface area contributed by atoms with Gasteiger partial charge in [0.1, 0.15) is 24.7 Å². The standard InChI is InChI=1S/C18H16ClNO3/c1-14-11-15(19)7-8-18(14)23-10-3-2-9-22-17-6-4-5-16(12-17)20-13-21/h2-8,11-12H,9-10H2,1H3. The average Bonchev–Trinajstić information content (AvgIpc) is 2.53. The molecule has 0 N–H and O–H groups in total. The summed E-state index contributed by atoms with van der Waals surface area (Å²) in [5.41, 5.74) is 1.51. The van der Waals surface area contributed by atoms with Gasteiger partial charge in [-0.05, 0) is 55.0 Å². The first-order chi connectivity index (χ1) is 11.2. The lowest BCUT2D eigenvalue weighted by Gasteiger charge is -2.07. The van der Waals surface area contributed by atoms with Crippen LogP contribution in [0.5, 0.6) is 11.5 Å². The number of halogens is 1. The van der Waals surface area contributed by atoms with Crippen LogP contribution in [0.15, 0.2) is 59.6 Å². The molecule has 4 nitrogen and oxygen atoms in total. The second-order valence-electron chi connectivity index (χ2n) is 4.70. The van der Waals surface area contributed by atoms with Crippen LogP contribution >= 0.6 is 11.6 Å². The van der Waals surface area contributed by atoms with Crippen molar-refractivity contribution in [2.45, 2.75) is 6.92 Å². The highest BCUT2D eigenvalue weighted by Crippen LogP contribution is 2.22. The minimum Gasteiger partial charge on any atom is -0.489 e. The number of aryl methyl sites for hydroxylation is 1. The zero-order valence-electron chi connectivity index (χ0n) is 12.7. The first-order valence-corrected chi connectivity index (χ1v) is 7.41. The molecule has 0 amide bonds. The number of rotatable bonds is 7. The molecule has 2 aromatic rings. The molecule has 0 aromatic heterocycles. The molecule has 0 atom stereocenters. The van der Waals surface area contributed by atoms with Gasteiger partial charge in [0.15, 0.2) is 0 Å². The Bertz CT molecular complexity index is 737. The molecule has 118 valence electrons. The van der Waals surface area contributed by atoms with E-state index in [4.69, 9.17) is 21.1 Å². The molecule has 0 fully saturated rings. The van der Waals surface area contributed by atoms with E-state index in [1.807, 2.05) is 31.2 Å². The van der Waals surface area contributed by atoms with Crippen LogP contribution in [0.3, 0.4) is 0 Å². The summed E-state index contributed by atoms with van der Waals surface area (Å²) in [6.07, 6.45) is 5.24. The molecule has 0 saturated carbocycles. The van der Waals surface area contributed by atoms with Gasteiger partial charge in [0, 0.05) is 11.1 Å². The van der Waals surface area contributed by atoms with Crippen LogP contribution in [0.2, 0.25) is 5.02 Å². The van der Waals surface area contributed by atoms with Crippen LogP contribution in [0, 0.1) is 6.92 Å². The maximum absolute atomic E-state index is 10.2. The Labute approximate surface area is 140 Å². The Balaban J connectivity index is 1.77. The van der Waals surface area contributed by atoms with E-state index in [2.05, 4.69) is 4.99 Å². The molecule has 0 spiro atoms. The number of benzene rings is 2. The largest absolute Gasteiger partial charge is 0.489 e. The number of isocyanates is 1. The van der Waals surface area contributed by atoms with Gasteiger partial charge in [-0.2, -0.15) is 4.99 Å². The second-order valence-corrected chi connectivity index (χ2v) is 5.14. The smallest absolute Gasteiger partial charge is 0.240 e. The van der Waals surface area contributed by atoms with Crippen molar-refractivity contribution in [3.63, 3.8) is 0 Å². The molecule has 0 aliphatic heterocycles. The third kappa shape index (κ3) is 5.62. The fraction of sp³-hybridized carbons (Fsp3) is 0.167. The van der Waals surface area contributed by atoms with Crippen LogP contribution in [0.1, 0.15) is 5.56 Å². The summed E-state index contributed by atoms with van der Waals surface area (Å²) in [6.45, 7) is 2.79. The van der Waals surface area contributed by atoms with Crippen LogP contribution in [-0.4, -0.2) is 19.3 Å². The predicted molar refractivity (Wildman–Crippen MR) is 90.5 cm³/mol. The number of hydrogen-bond acceptors (Lipinski definition) is 4. The van der Waals surface area contributed by atoms with E-state index in [1.54, 1.807) is 30.3 Å². The summed E-state index contributed by atoms with van der Waals surface area (Å²) in [5.74, 6) is 1.44. The molecule has 0 aliphatic carbocycles. The van der Waals surface area contributed by atoms with Crippen molar-refractivity contribution in [1.82, 2.24) is 0 Å². The van der Waals surface area contributed by atoms with E-state index in [9.17, 15) is 4.79 Å².